The molecule has 0 saturated carbocycles. The van der Waals surface area contributed by atoms with Crippen molar-refractivity contribution in [3.05, 3.63) is 54.1 Å². The number of anilines is 1. The lowest BCUT2D eigenvalue weighted by Gasteiger charge is -2.24. The van der Waals surface area contributed by atoms with Crippen LogP contribution in [0.25, 0.3) is 0 Å². The van der Waals surface area contributed by atoms with Crippen LogP contribution in [0.2, 0.25) is 0 Å². The van der Waals surface area contributed by atoms with Crippen LogP contribution in [-0.2, 0) is 4.79 Å². The molecule has 1 spiro atoms. The van der Waals surface area contributed by atoms with E-state index in [1.807, 2.05) is 36.1 Å². The molecule has 2 saturated heterocycles. The molecule has 1 atom stereocenters. The maximum atomic E-state index is 12.8. The highest BCUT2D eigenvalue weighted by Crippen LogP contribution is 2.42. The van der Waals surface area contributed by atoms with Gasteiger partial charge in [-0.1, -0.05) is 18.2 Å². The van der Waals surface area contributed by atoms with Gasteiger partial charge >= 0.3 is 0 Å². The first-order chi connectivity index (χ1) is 12.1. The molecule has 3 heterocycles. The Kier molecular flexibility index (Phi) is 3.75. The van der Waals surface area contributed by atoms with Crippen molar-refractivity contribution in [3.8, 4) is 0 Å². The first-order valence-electron chi connectivity index (χ1n) is 8.48. The molecule has 4 rings (SSSR count). The monoisotopic (exact) mass is 336 g/mol. The fraction of sp³-hybridized carbons (Fsp3) is 0.368. The van der Waals surface area contributed by atoms with E-state index in [2.05, 4.69) is 9.97 Å². The molecule has 2 aliphatic rings. The molecule has 0 N–H and O–H groups in total. The standard InChI is InChI=1S/C19H20N4O2/c1-14-4-2-3-5-16(14)18(25)22-7-6-19(11-22)8-17(24)23(12-19)15-9-20-13-21-10-15/h2-5,9-10,13H,6-8,11-12H2,1H3/t19-/m0/s1. The van der Waals surface area contributed by atoms with Crippen molar-refractivity contribution in [1.82, 2.24) is 14.9 Å². The van der Waals surface area contributed by atoms with Crippen molar-refractivity contribution >= 4 is 17.5 Å². The molecular weight excluding hydrogens is 316 g/mol. The van der Waals surface area contributed by atoms with Crippen molar-refractivity contribution < 1.29 is 9.59 Å². The van der Waals surface area contributed by atoms with E-state index in [1.54, 1.807) is 17.3 Å². The quantitative estimate of drug-likeness (QED) is 0.842. The fourth-order valence-electron chi connectivity index (χ4n) is 3.93. The van der Waals surface area contributed by atoms with Gasteiger partial charge in [-0.3, -0.25) is 9.59 Å². The van der Waals surface area contributed by atoms with Gasteiger partial charge in [-0.15, -0.1) is 0 Å². The molecule has 128 valence electrons. The molecule has 2 aliphatic heterocycles. The Labute approximate surface area is 146 Å². The zero-order valence-corrected chi connectivity index (χ0v) is 14.2. The summed E-state index contributed by atoms with van der Waals surface area (Å²) in [7, 11) is 0. The zero-order chi connectivity index (χ0) is 17.4. The number of hydrogen-bond donors (Lipinski definition) is 0. The maximum absolute atomic E-state index is 12.8. The molecule has 6 heteroatoms. The van der Waals surface area contributed by atoms with Gasteiger partial charge in [0.2, 0.25) is 5.91 Å². The fourth-order valence-corrected chi connectivity index (χ4v) is 3.93. The predicted octanol–water partition coefficient (Wildman–Crippen LogP) is 2.05. The number of nitrogens with zero attached hydrogens (tertiary/aromatic N) is 4. The van der Waals surface area contributed by atoms with E-state index in [4.69, 9.17) is 0 Å². The average Bonchev–Trinajstić information content (AvgIpc) is 3.19. The normalized spacial score (nSPS) is 22.8. The summed E-state index contributed by atoms with van der Waals surface area (Å²) in [5.41, 5.74) is 2.30. The molecule has 25 heavy (non-hydrogen) atoms. The Morgan fingerprint density at radius 2 is 1.92 bits per heavy atom. The topological polar surface area (TPSA) is 66.4 Å². The highest BCUT2D eigenvalue weighted by molar-refractivity contribution is 5.98. The third-order valence-electron chi connectivity index (χ3n) is 5.28. The van der Waals surface area contributed by atoms with Crippen LogP contribution in [0.3, 0.4) is 0 Å². The Bertz CT molecular complexity index is 823. The summed E-state index contributed by atoms with van der Waals surface area (Å²) in [5, 5.41) is 0. The minimum atomic E-state index is -0.161. The van der Waals surface area contributed by atoms with Gasteiger partial charge in [0.1, 0.15) is 6.33 Å². The molecule has 2 aromatic rings. The lowest BCUT2D eigenvalue weighted by atomic mass is 9.86. The van der Waals surface area contributed by atoms with Crippen LogP contribution >= 0.6 is 0 Å². The zero-order valence-electron chi connectivity index (χ0n) is 14.2. The van der Waals surface area contributed by atoms with E-state index in [1.165, 1.54) is 6.33 Å². The number of carbonyl (C=O) groups is 2. The van der Waals surface area contributed by atoms with Crippen LogP contribution in [0, 0.1) is 12.3 Å². The predicted molar refractivity (Wildman–Crippen MR) is 93.1 cm³/mol. The third kappa shape index (κ3) is 2.77. The van der Waals surface area contributed by atoms with Crippen LogP contribution in [0.15, 0.2) is 43.0 Å². The number of rotatable bonds is 2. The molecule has 0 aliphatic carbocycles. The Morgan fingerprint density at radius 1 is 1.16 bits per heavy atom. The van der Waals surface area contributed by atoms with Crippen LogP contribution in [0.1, 0.15) is 28.8 Å². The Morgan fingerprint density at radius 3 is 2.68 bits per heavy atom. The summed E-state index contributed by atoms with van der Waals surface area (Å²) < 4.78 is 0. The molecule has 0 radical (unpaired) electrons. The van der Waals surface area contributed by atoms with Crippen molar-refractivity contribution in [1.29, 1.82) is 0 Å². The number of benzene rings is 1. The number of likely N-dealkylation sites (tertiary alicyclic amines) is 1. The third-order valence-corrected chi connectivity index (χ3v) is 5.28. The molecule has 1 aromatic heterocycles. The lowest BCUT2D eigenvalue weighted by molar-refractivity contribution is -0.117. The highest BCUT2D eigenvalue weighted by atomic mass is 16.2. The first-order valence-corrected chi connectivity index (χ1v) is 8.48. The smallest absolute Gasteiger partial charge is 0.254 e. The van der Waals surface area contributed by atoms with Crippen molar-refractivity contribution in [2.75, 3.05) is 24.5 Å². The SMILES string of the molecule is Cc1ccccc1C(=O)N1CC[C@]2(CC(=O)N(c3cncnc3)C2)C1. The minimum absolute atomic E-state index is 0.0592. The number of aryl methyl sites for hydroxylation is 1. The van der Waals surface area contributed by atoms with Crippen LogP contribution in [0.4, 0.5) is 5.69 Å². The van der Waals surface area contributed by atoms with E-state index < -0.39 is 0 Å². The molecule has 6 nitrogen and oxygen atoms in total. The molecule has 2 fully saturated rings. The summed E-state index contributed by atoms with van der Waals surface area (Å²) in [6.07, 6.45) is 6.10. The summed E-state index contributed by atoms with van der Waals surface area (Å²) in [6, 6.07) is 7.65. The summed E-state index contributed by atoms with van der Waals surface area (Å²) in [6.45, 7) is 3.89. The molecule has 0 unspecified atom stereocenters. The lowest BCUT2D eigenvalue weighted by Crippen LogP contribution is -2.34. The summed E-state index contributed by atoms with van der Waals surface area (Å²) >= 11 is 0. The number of carbonyl (C=O) groups excluding carboxylic acids is 2. The molecule has 1 aromatic carbocycles. The Balaban J connectivity index is 1.52. The minimum Gasteiger partial charge on any atom is -0.338 e. The second kappa shape index (κ2) is 5.95. The summed E-state index contributed by atoms with van der Waals surface area (Å²) in [5.74, 6) is 0.143. The van der Waals surface area contributed by atoms with Gasteiger partial charge in [0.05, 0.1) is 18.1 Å². The van der Waals surface area contributed by atoms with Crippen molar-refractivity contribution in [3.63, 3.8) is 0 Å². The van der Waals surface area contributed by atoms with Gasteiger partial charge in [-0.2, -0.15) is 0 Å². The average molecular weight is 336 g/mol. The Hall–Kier alpha value is -2.76. The van der Waals surface area contributed by atoms with Crippen LogP contribution < -0.4 is 4.90 Å². The van der Waals surface area contributed by atoms with Crippen LogP contribution in [-0.4, -0.2) is 46.3 Å². The largest absolute Gasteiger partial charge is 0.338 e. The molecular formula is C19H20N4O2. The highest BCUT2D eigenvalue weighted by Gasteiger charge is 2.49. The van der Waals surface area contributed by atoms with E-state index in [9.17, 15) is 9.59 Å². The van der Waals surface area contributed by atoms with Gasteiger partial charge in [-0.25, -0.2) is 9.97 Å². The van der Waals surface area contributed by atoms with E-state index in [-0.39, 0.29) is 17.2 Å². The van der Waals surface area contributed by atoms with Gasteiger partial charge in [0.15, 0.2) is 0 Å². The van der Waals surface area contributed by atoms with Crippen molar-refractivity contribution in [2.45, 2.75) is 19.8 Å². The van der Waals surface area contributed by atoms with E-state index in [0.29, 0.717) is 26.1 Å². The number of aromatic nitrogens is 2. The number of hydrogen-bond acceptors (Lipinski definition) is 4. The van der Waals surface area contributed by atoms with Crippen molar-refractivity contribution in [2.24, 2.45) is 5.41 Å². The van der Waals surface area contributed by atoms with Gasteiger partial charge in [0, 0.05) is 37.0 Å². The maximum Gasteiger partial charge on any atom is 0.254 e. The molecule has 2 amide bonds. The van der Waals surface area contributed by atoms with E-state index >= 15 is 0 Å². The summed E-state index contributed by atoms with van der Waals surface area (Å²) in [4.78, 5) is 37.0. The first kappa shape index (κ1) is 15.7. The van der Waals surface area contributed by atoms with Gasteiger partial charge in [0.25, 0.3) is 5.91 Å². The second-order valence-corrected chi connectivity index (χ2v) is 7.04. The number of amides is 2. The second-order valence-electron chi connectivity index (χ2n) is 7.04. The van der Waals surface area contributed by atoms with Gasteiger partial charge in [-0.05, 0) is 25.0 Å². The van der Waals surface area contributed by atoms with Crippen LogP contribution in [0.5, 0.6) is 0 Å². The van der Waals surface area contributed by atoms with E-state index in [0.717, 1.165) is 23.2 Å². The van der Waals surface area contributed by atoms with Gasteiger partial charge < -0.3 is 9.80 Å². The molecule has 0 bridgehead atoms.